The summed E-state index contributed by atoms with van der Waals surface area (Å²) in [5.74, 6) is -0.293. The zero-order valence-corrected chi connectivity index (χ0v) is 15.3. The highest BCUT2D eigenvalue weighted by Crippen LogP contribution is 2.33. The van der Waals surface area contributed by atoms with Crippen LogP contribution in [0.25, 0.3) is 11.6 Å². The molecule has 2 aliphatic rings. The van der Waals surface area contributed by atoms with Crippen LogP contribution < -0.4 is 15.5 Å². The summed E-state index contributed by atoms with van der Waals surface area (Å²) in [6.07, 6.45) is 1.01. The average Bonchev–Trinajstić information content (AvgIpc) is 3.20. The van der Waals surface area contributed by atoms with Crippen LogP contribution in [0, 0.1) is 0 Å². The van der Waals surface area contributed by atoms with E-state index in [1.807, 2.05) is 54.6 Å². The molecule has 28 heavy (non-hydrogen) atoms. The van der Waals surface area contributed by atoms with Crippen LogP contribution >= 0.6 is 0 Å². The van der Waals surface area contributed by atoms with Gasteiger partial charge in [-0.3, -0.25) is 14.5 Å². The van der Waals surface area contributed by atoms with E-state index in [-0.39, 0.29) is 24.5 Å². The van der Waals surface area contributed by atoms with Crippen LogP contribution in [-0.2, 0) is 14.3 Å². The largest absolute Gasteiger partial charge is 0.442 e. The highest BCUT2D eigenvalue weighted by molar-refractivity contribution is 6.34. The SMILES string of the molecule is CC(=O)NC[C@H]1CN(c2ccc(/C=C3/C(=O)Nc4ccccc43)cc2)C(=O)O1. The molecular weight excluding hydrogens is 358 g/mol. The molecule has 0 saturated carbocycles. The second-order valence-electron chi connectivity index (χ2n) is 6.70. The van der Waals surface area contributed by atoms with Gasteiger partial charge in [0, 0.05) is 29.4 Å². The summed E-state index contributed by atoms with van der Waals surface area (Å²) in [4.78, 5) is 36.9. The summed E-state index contributed by atoms with van der Waals surface area (Å²) in [7, 11) is 0. The molecule has 1 saturated heterocycles. The third-order valence-electron chi connectivity index (χ3n) is 4.68. The quantitative estimate of drug-likeness (QED) is 0.802. The lowest BCUT2D eigenvalue weighted by Gasteiger charge is -2.13. The van der Waals surface area contributed by atoms with Gasteiger partial charge in [-0.15, -0.1) is 0 Å². The van der Waals surface area contributed by atoms with Gasteiger partial charge in [-0.1, -0.05) is 30.3 Å². The average molecular weight is 377 g/mol. The molecule has 2 aromatic rings. The smallest absolute Gasteiger partial charge is 0.414 e. The van der Waals surface area contributed by atoms with E-state index in [9.17, 15) is 14.4 Å². The van der Waals surface area contributed by atoms with Gasteiger partial charge in [0.25, 0.3) is 5.91 Å². The number of carbonyl (C=O) groups is 3. The summed E-state index contributed by atoms with van der Waals surface area (Å²) >= 11 is 0. The maximum absolute atomic E-state index is 12.2. The minimum atomic E-state index is -0.439. The van der Waals surface area contributed by atoms with Gasteiger partial charge in [-0.2, -0.15) is 0 Å². The Balaban J connectivity index is 1.50. The minimum absolute atomic E-state index is 0.130. The number of nitrogens with one attached hydrogen (secondary N) is 2. The number of ether oxygens (including phenoxy) is 1. The Morgan fingerprint density at radius 1 is 1.21 bits per heavy atom. The molecule has 2 N–H and O–H groups in total. The number of fused-ring (bicyclic) bond motifs is 1. The first kappa shape index (κ1) is 17.8. The Morgan fingerprint density at radius 3 is 2.71 bits per heavy atom. The highest BCUT2D eigenvalue weighted by atomic mass is 16.6. The molecule has 3 amide bonds. The van der Waals surface area contributed by atoms with E-state index in [1.54, 1.807) is 0 Å². The number of anilines is 2. The maximum atomic E-state index is 12.2. The second-order valence-corrected chi connectivity index (χ2v) is 6.70. The Labute approximate surface area is 162 Å². The molecule has 0 spiro atoms. The van der Waals surface area contributed by atoms with Gasteiger partial charge in [-0.25, -0.2) is 4.79 Å². The summed E-state index contributed by atoms with van der Waals surface area (Å²) < 4.78 is 5.28. The van der Waals surface area contributed by atoms with Gasteiger partial charge in [0.15, 0.2) is 0 Å². The van der Waals surface area contributed by atoms with Crippen molar-refractivity contribution in [3.63, 3.8) is 0 Å². The van der Waals surface area contributed by atoms with Crippen molar-refractivity contribution in [2.45, 2.75) is 13.0 Å². The van der Waals surface area contributed by atoms with Crippen molar-refractivity contribution in [3.05, 3.63) is 59.7 Å². The Morgan fingerprint density at radius 2 is 1.96 bits per heavy atom. The summed E-state index contributed by atoms with van der Waals surface area (Å²) in [6, 6.07) is 14.9. The van der Waals surface area contributed by atoms with Gasteiger partial charge in [-0.05, 0) is 29.8 Å². The maximum Gasteiger partial charge on any atom is 0.414 e. The molecule has 2 aliphatic heterocycles. The van der Waals surface area contributed by atoms with E-state index in [4.69, 9.17) is 4.74 Å². The number of amides is 3. The summed E-state index contributed by atoms with van der Waals surface area (Å²) in [6.45, 7) is 2.08. The normalized spacial score (nSPS) is 19.4. The monoisotopic (exact) mass is 377 g/mol. The summed E-state index contributed by atoms with van der Waals surface area (Å²) in [5, 5.41) is 5.50. The second kappa shape index (κ2) is 7.19. The van der Waals surface area contributed by atoms with Gasteiger partial charge < -0.3 is 15.4 Å². The topological polar surface area (TPSA) is 87.7 Å². The van der Waals surface area contributed by atoms with Crippen molar-refractivity contribution >= 4 is 40.9 Å². The van der Waals surface area contributed by atoms with Gasteiger partial charge >= 0.3 is 6.09 Å². The predicted molar refractivity (Wildman–Crippen MR) is 106 cm³/mol. The van der Waals surface area contributed by atoms with Crippen molar-refractivity contribution in [1.82, 2.24) is 5.32 Å². The third-order valence-corrected chi connectivity index (χ3v) is 4.68. The molecule has 7 nitrogen and oxygen atoms in total. The van der Waals surface area contributed by atoms with E-state index < -0.39 is 6.09 Å². The Kier molecular flexibility index (Phi) is 4.57. The lowest BCUT2D eigenvalue weighted by atomic mass is 10.0. The molecule has 2 aromatic carbocycles. The van der Waals surface area contributed by atoms with E-state index >= 15 is 0 Å². The van der Waals surface area contributed by atoms with Gasteiger partial charge in [0.1, 0.15) is 6.10 Å². The predicted octanol–water partition coefficient (Wildman–Crippen LogP) is 2.64. The van der Waals surface area contributed by atoms with Crippen molar-refractivity contribution in [2.75, 3.05) is 23.3 Å². The van der Waals surface area contributed by atoms with Crippen LogP contribution in [0.2, 0.25) is 0 Å². The van der Waals surface area contributed by atoms with Crippen molar-refractivity contribution in [1.29, 1.82) is 0 Å². The van der Waals surface area contributed by atoms with Crippen LogP contribution in [0.15, 0.2) is 48.5 Å². The number of carbonyl (C=O) groups excluding carboxylic acids is 3. The molecule has 0 radical (unpaired) electrons. The van der Waals surface area contributed by atoms with E-state index in [1.165, 1.54) is 11.8 Å². The van der Waals surface area contributed by atoms with Crippen LogP contribution in [0.5, 0.6) is 0 Å². The zero-order chi connectivity index (χ0) is 19.7. The van der Waals surface area contributed by atoms with Crippen LogP contribution in [-0.4, -0.2) is 37.1 Å². The van der Waals surface area contributed by atoms with Gasteiger partial charge in [0.05, 0.1) is 13.1 Å². The van der Waals surface area contributed by atoms with E-state index in [0.29, 0.717) is 17.8 Å². The van der Waals surface area contributed by atoms with Crippen LogP contribution in [0.1, 0.15) is 18.1 Å². The fraction of sp³-hybridized carbons (Fsp3) is 0.190. The van der Waals surface area contributed by atoms with Gasteiger partial charge in [0.2, 0.25) is 5.91 Å². The van der Waals surface area contributed by atoms with E-state index in [0.717, 1.165) is 16.8 Å². The first-order valence-electron chi connectivity index (χ1n) is 8.96. The fourth-order valence-corrected chi connectivity index (χ4v) is 3.30. The lowest BCUT2D eigenvalue weighted by molar-refractivity contribution is -0.119. The van der Waals surface area contributed by atoms with Crippen LogP contribution in [0.4, 0.5) is 16.2 Å². The molecular formula is C21H19N3O4. The number of benzene rings is 2. The number of cyclic esters (lactones) is 1. The van der Waals surface area contributed by atoms with Crippen molar-refractivity contribution in [3.8, 4) is 0 Å². The first-order chi connectivity index (χ1) is 13.5. The standard InChI is InChI=1S/C21H19N3O4/c1-13(25)22-11-16-12-24(21(27)28-16)15-8-6-14(7-9-15)10-18-17-4-2-3-5-19(17)23-20(18)26/h2-10,16H,11-12H2,1H3,(H,22,25)(H,23,26)/b18-10+/t16-/m0/s1. The van der Waals surface area contributed by atoms with Crippen molar-refractivity contribution < 1.29 is 19.1 Å². The number of hydrogen-bond acceptors (Lipinski definition) is 4. The minimum Gasteiger partial charge on any atom is -0.442 e. The molecule has 2 heterocycles. The van der Waals surface area contributed by atoms with Crippen molar-refractivity contribution in [2.24, 2.45) is 0 Å². The zero-order valence-electron chi connectivity index (χ0n) is 15.3. The molecule has 0 unspecified atom stereocenters. The highest BCUT2D eigenvalue weighted by Gasteiger charge is 2.32. The molecule has 0 bridgehead atoms. The number of nitrogens with zero attached hydrogens (tertiary/aromatic N) is 1. The number of hydrogen-bond donors (Lipinski definition) is 2. The molecule has 0 aliphatic carbocycles. The molecule has 7 heteroatoms. The Bertz CT molecular complexity index is 981. The molecule has 4 rings (SSSR count). The lowest BCUT2D eigenvalue weighted by Crippen LogP contribution is -2.33. The molecule has 1 fully saturated rings. The third kappa shape index (κ3) is 3.46. The number of para-hydroxylation sites is 1. The fourth-order valence-electron chi connectivity index (χ4n) is 3.30. The summed E-state index contributed by atoms with van der Waals surface area (Å²) in [5.41, 5.74) is 3.85. The number of rotatable bonds is 4. The molecule has 0 aromatic heterocycles. The molecule has 1 atom stereocenters. The Hall–Kier alpha value is -3.61. The first-order valence-corrected chi connectivity index (χ1v) is 8.96. The van der Waals surface area contributed by atoms with Crippen LogP contribution in [0.3, 0.4) is 0 Å². The molecule has 142 valence electrons. The van der Waals surface area contributed by atoms with E-state index in [2.05, 4.69) is 10.6 Å².